The SMILES string of the molecule is CNCc1ccc2c(ccn2CCS(=O)(=O)C(C)C)c1. The van der Waals surface area contributed by atoms with Crippen LogP contribution in [-0.2, 0) is 22.9 Å². The van der Waals surface area contributed by atoms with Crippen LogP contribution in [0.2, 0.25) is 0 Å². The van der Waals surface area contributed by atoms with Gasteiger partial charge in [-0.05, 0) is 50.0 Å². The maximum atomic E-state index is 11.9. The summed E-state index contributed by atoms with van der Waals surface area (Å²) in [5.41, 5.74) is 2.32. The average molecular weight is 294 g/mol. The Bertz CT molecular complexity index is 687. The third-order valence-corrected chi connectivity index (χ3v) is 5.74. The van der Waals surface area contributed by atoms with E-state index in [0.717, 1.165) is 17.4 Å². The monoisotopic (exact) mass is 294 g/mol. The third-order valence-electron chi connectivity index (χ3n) is 3.55. The number of nitrogens with zero attached hydrogens (tertiary/aromatic N) is 1. The van der Waals surface area contributed by atoms with E-state index in [1.54, 1.807) is 13.8 Å². The van der Waals surface area contributed by atoms with E-state index in [4.69, 9.17) is 0 Å². The fourth-order valence-corrected chi connectivity index (χ4v) is 3.14. The van der Waals surface area contributed by atoms with Crippen LogP contribution in [0.3, 0.4) is 0 Å². The Morgan fingerprint density at radius 3 is 2.65 bits per heavy atom. The highest BCUT2D eigenvalue weighted by molar-refractivity contribution is 7.91. The van der Waals surface area contributed by atoms with Crippen molar-refractivity contribution in [1.29, 1.82) is 0 Å². The number of benzene rings is 1. The summed E-state index contributed by atoms with van der Waals surface area (Å²) in [5, 5.41) is 3.97. The standard InChI is InChI=1S/C15H22N2O2S/c1-12(2)20(18,19)9-8-17-7-6-14-10-13(11-16-3)4-5-15(14)17/h4-7,10,12,16H,8-9,11H2,1-3H3. The first kappa shape index (κ1) is 15.1. The zero-order chi connectivity index (χ0) is 14.8. The van der Waals surface area contributed by atoms with E-state index in [1.165, 1.54) is 5.56 Å². The molecule has 0 amide bonds. The van der Waals surface area contributed by atoms with Gasteiger partial charge in [-0.15, -0.1) is 0 Å². The topological polar surface area (TPSA) is 51.1 Å². The van der Waals surface area contributed by atoms with Gasteiger partial charge in [-0.1, -0.05) is 6.07 Å². The smallest absolute Gasteiger partial charge is 0.154 e. The minimum atomic E-state index is -2.99. The van der Waals surface area contributed by atoms with Crippen LogP contribution < -0.4 is 5.32 Å². The van der Waals surface area contributed by atoms with Crippen molar-refractivity contribution < 1.29 is 8.42 Å². The van der Waals surface area contributed by atoms with Crippen LogP contribution in [0.1, 0.15) is 19.4 Å². The summed E-state index contributed by atoms with van der Waals surface area (Å²) in [4.78, 5) is 0. The minimum absolute atomic E-state index is 0.187. The first-order chi connectivity index (χ1) is 9.44. The lowest BCUT2D eigenvalue weighted by Crippen LogP contribution is -2.20. The van der Waals surface area contributed by atoms with E-state index in [1.807, 2.05) is 23.9 Å². The summed E-state index contributed by atoms with van der Waals surface area (Å²) in [6.07, 6.45) is 1.96. The Balaban J connectivity index is 2.20. The zero-order valence-electron chi connectivity index (χ0n) is 12.3. The summed E-state index contributed by atoms with van der Waals surface area (Å²) in [6, 6.07) is 8.31. The molecule has 0 aliphatic heterocycles. The van der Waals surface area contributed by atoms with E-state index in [-0.39, 0.29) is 11.0 Å². The van der Waals surface area contributed by atoms with Crippen molar-refractivity contribution >= 4 is 20.7 Å². The number of aromatic nitrogens is 1. The number of rotatable bonds is 6. The molecule has 0 bridgehead atoms. The summed E-state index contributed by atoms with van der Waals surface area (Å²) in [7, 11) is -1.07. The molecule has 2 aromatic rings. The van der Waals surface area contributed by atoms with Crippen LogP contribution in [0.15, 0.2) is 30.5 Å². The quantitative estimate of drug-likeness (QED) is 0.888. The summed E-state index contributed by atoms with van der Waals surface area (Å²) in [6.45, 7) is 4.80. The molecular formula is C15H22N2O2S. The maximum absolute atomic E-state index is 11.9. The van der Waals surface area contributed by atoms with Gasteiger partial charge >= 0.3 is 0 Å². The normalized spacial score (nSPS) is 12.4. The number of fused-ring (bicyclic) bond motifs is 1. The van der Waals surface area contributed by atoms with Crippen LogP contribution in [-0.4, -0.2) is 31.0 Å². The molecule has 0 saturated carbocycles. The van der Waals surface area contributed by atoms with Crippen LogP contribution in [0, 0.1) is 0 Å². The van der Waals surface area contributed by atoms with Crippen LogP contribution in [0.4, 0.5) is 0 Å². The number of nitrogens with one attached hydrogen (secondary N) is 1. The number of sulfone groups is 1. The highest BCUT2D eigenvalue weighted by Gasteiger charge is 2.16. The molecule has 110 valence electrons. The molecule has 2 rings (SSSR count). The molecular weight excluding hydrogens is 272 g/mol. The van der Waals surface area contributed by atoms with Gasteiger partial charge in [0, 0.05) is 24.8 Å². The van der Waals surface area contributed by atoms with Gasteiger partial charge in [0.05, 0.1) is 11.0 Å². The van der Waals surface area contributed by atoms with E-state index < -0.39 is 9.84 Å². The fraction of sp³-hybridized carbons (Fsp3) is 0.467. The maximum Gasteiger partial charge on any atom is 0.154 e. The second kappa shape index (κ2) is 5.97. The van der Waals surface area contributed by atoms with Gasteiger partial charge in [0.25, 0.3) is 0 Å². The van der Waals surface area contributed by atoms with Gasteiger partial charge in [0.2, 0.25) is 0 Å². The molecule has 0 saturated heterocycles. The molecule has 5 heteroatoms. The van der Waals surface area contributed by atoms with Gasteiger partial charge in [-0.25, -0.2) is 8.42 Å². The van der Waals surface area contributed by atoms with Crippen molar-refractivity contribution in [3.8, 4) is 0 Å². The molecule has 0 aliphatic rings. The zero-order valence-corrected chi connectivity index (χ0v) is 13.1. The highest BCUT2D eigenvalue weighted by atomic mass is 32.2. The van der Waals surface area contributed by atoms with Crippen LogP contribution in [0.25, 0.3) is 10.9 Å². The highest BCUT2D eigenvalue weighted by Crippen LogP contribution is 2.18. The van der Waals surface area contributed by atoms with Crippen molar-refractivity contribution in [2.45, 2.75) is 32.2 Å². The van der Waals surface area contributed by atoms with Crippen molar-refractivity contribution in [2.24, 2.45) is 0 Å². The molecule has 4 nitrogen and oxygen atoms in total. The van der Waals surface area contributed by atoms with Gasteiger partial charge in [0.15, 0.2) is 9.84 Å². The first-order valence-corrected chi connectivity index (χ1v) is 8.59. The molecule has 1 N–H and O–H groups in total. The van der Waals surface area contributed by atoms with Gasteiger partial charge in [-0.2, -0.15) is 0 Å². The molecule has 0 unspecified atom stereocenters. The van der Waals surface area contributed by atoms with E-state index in [9.17, 15) is 8.42 Å². The molecule has 0 fully saturated rings. The van der Waals surface area contributed by atoms with Gasteiger partial charge < -0.3 is 9.88 Å². The number of aryl methyl sites for hydroxylation is 1. The number of hydrogen-bond donors (Lipinski definition) is 1. The summed E-state index contributed by atoms with van der Waals surface area (Å²) < 4.78 is 25.8. The molecule has 0 aliphatic carbocycles. The third kappa shape index (κ3) is 3.22. The Morgan fingerprint density at radius 2 is 2.00 bits per heavy atom. The Hall–Kier alpha value is -1.33. The molecule has 1 heterocycles. The first-order valence-electron chi connectivity index (χ1n) is 6.88. The van der Waals surface area contributed by atoms with Crippen molar-refractivity contribution in [2.75, 3.05) is 12.8 Å². The van der Waals surface area contributed by atoms with Gasteiger partial charge in [0.1, 0.15) is 0 Å². The molecule has 1 aromatic heterocycles. The van der Waals surface area contributed by atoms with E-state index in [2.05, 4.69) is 23.5 Å². The lowest BCUT2D eigenvalue weighted by Gasteiger charge is -2.09. The Labute approximate surface area is 120 Å². The lowest BCUT2D eigenvalue weighted by molar-refractivity contribution is 0.581. The summed E-state index contributed by atoms with van der Waals surface area (Å²) >= 11 is 0. The lowest BCUT2D eigenvalue weighted by atomic mass is 10.1. The van der Waals surface area contributed by atoms with Gasteiger partial charge in [-0.3, -0.25) is 0 Å². The van der Waals surface area contributed by atoms with Crippen LogP contribution in [0.5, 0.6) is 0 Å². The molecule has 0 radical (unpaired) electrons. The molecule has 0 atom stereocenters. The van der Waals surface area contributed by atoms with E-state index >= 15 is 0 Å². The number of hydrogen-bond acceptors (Lipinski definition) is 3. The predicted octanol–water partition coefficient (Wildman–Crippen LogP) is 2.18. The van der Waals surface area contributed by atoms with Crippen molar-refractivity contribution in [3.05, 3.63) is 36.0 Å². The van der Waals surface area contributed by atoms with Crippen LogP contribution >= 0.6 is 0 Å². The summed E-state index contributed by atoms with van der Waals surface area (Å²) in [5.74, 6) is 0.187. The van der Waals surface area contributed by atoms with E-state index in [0.29, 0.717) is 6.54 Å². The second-order valence-electron chi connectivity index (χ2n) is 5.35. The molecule has 1 aromatic carbocycles. The second-order valence-corrected chi connectivity index (χ2v) is 8.03. The van der Waals surface area contributed by atoms with Crippen molar-refractivity contribution in [3.63, 3.8) is 0 Å². The minimum Gasteiger partial charge on any atom is -0.346 e. The largest absolute Gasteiger partial charge is 0.346 e. The Morgan fingerprint density at radius 1 is 1.25 bits per heavy atom. The fourth-order valence-electron chi connectivity index (χ4n) is 2.22. The Kier molecular flexibility index (Phi) is 4.50. The average Bonchev–Trinajstić information content (AvgIpc) is 2.79. The predicted molar refractivity (Wildman–Crippen MR) is 83.6 cm³/mol. The molecule has 0 spiro atoms. The molecule has 20 heavy (non-hydrogen) atoms. The van der Waals surface area contributed by atoms with Crippen molar-refractivity contribution in [1.82, 2.24) is 9.88 Å².